The first-order chi connectivity index (χ1) is 9.20. The number of piperazine rings is 1. The molecule has 3 nitrogen and oxygen atoms in total. The summed E-state index contributed by atoms with van der Waals surface area (Å²) in [6.07, 6.45) is 6.24. The highest BCUT2D eigenvalue weighted by molar-refractivity contribution is 4.95. The van der Waals surface area contributed by atoms with Crippen molar-refractivity contribution < 1.29 is 0 Å². The molecule has 1 saturated heterocycles. The SMILES string of the molecule is CC(C)CN1CCN(C2CCCCCC2C#N)CC1. The summed E-state index contributed by atoms with van der Waals surface area (Å²) in [7, 11) is 0. The summed E-state index contributed by atoms with van der Waals surface area (Å²) in [6, 6.07) is 3.12. The van der Waals surface area contributed by atoms with E-state index in [0.29, 0.717) is 6.04 Å². The van der Waals surface area contributed by atoms with E-state index in [2.05, 4.69) is 29.7 Å². The van der Waals surface area contributed by atoms with Crippen molar-refractivity contribution in [3.8, 4) is 6.07 Å². The molecule has 3 heteroatoms. The topological polar surface area (TPSA) is 30.3 Å². The van der Waals surface area contributed by atoms with Gasteiger partial charge >= 0.3 is 0 Å². The summed E-state index contributed by atoms with van der Waals surface area (Å²) in [5.74, 6) is 1.04. The van der Waals surface area contributed by atoms with Gasteiger partial charge in [-0.15, -0.1) is 0 Å². The molecule has 0 aromatic heterocycles. The maximum atomic E-state index is 9.40. The lowest BCUT2D eigenvalue weighted by atomic mass is 9.94. The van der Waals surface area contributed by atoms with Crippen molar-refractivity contribution in [2.45, 2.75) is 52.0 Å². The molecule has 2 rings (SSSR count). The van der Waals surface area contributed by atoms with E-state index in [1.54, 1.807) is 0 Å². The van der Waals surface area contributed by atoms with E-state index in [-0.39, 0.29) is 5.92 Å². The fourth-order valence-corrected chi connectivity index (χ4v) is 3.67. The predicted octanol–water partition coefficient (Wildman–Crippen LogP) is 2.73. The molecule has 1 aliphatic heterocycles. The van der Waals surface area contributed by atoms with E-state index in [1.807, 2.05) is 0 Å². The number of nitriles is 1. The fraction of sp³-hybridized carbons (Fsp3) is 0.938. The molecule has 0 N–H and O–H groups in total. The van der Waals surface area contributed by atoms with Crippen LogP contribution in [0.5, 0.6) is 0 Å². The minimum atomic E-state index is 0.277. The smallest absolute Gasteiger partial charge is 0.0672 e. The second kappa shape index (κ2) is 7.26. The highest BCUT2D eigenvalue weighted by Gasteiger charge is 2.30. The van der Waals surface area contributed by atoms with Gasteiger partial charge in [-0.3, -0.25) is 4.90 Å². The van der Waals surface area contributed by atoms with E-state index < -0.39 is 0 Å². The summed E-state index contributed by atoms with van der Waals surface area (Å²) in [4.78, 5) is 5.19. The van der Waals surface area contributed by atoms with Gasteiger partial charge in [0.1, 0.15) is 0 Å². The first-order valence-corrected chi connectivity index (χ1v) is 8.06. The van der Waals surface area contributed by atoms with Crippen LogP contribution < -0.4 is 0 Å². The maximum absolute atomic E-state index is 9.40. The highest BCUT2D eigenvalue weighted by Crippen LogP contribution is 2.27. The highest BCUT2D eigenvalue weighted by atomic mass is 15.3. The molecular formula is C16H29N3. The Morgan fingerprint density at radius 2 is 1.74 bits per heavy atom. The molecule has 0 amide bonds. The Balaban J connectivity index is 1.87. The minimum absolute atomic E-state index is 0.277. The van der Waals surface area contributed by atoms with Crippen LogP contribution in [0.2, 0.25) is 0 Å². The van der Waals surface area contributed by atoms with Gasteiger partial charge in [0, 0.05) is 38.8 Å². The molecular weight excluding hydrogens is 234 g/mol. The third kappa shape index (κ3) is 4.19. The minimum Gasteiger partial charge on any atom is -0.301 e. The Hall–Kier alpha value is -0.590. The Morgan fingerprint density at radius 3 is 2.37 bits per heavy atom. The van der Waals surface area contributed by atoms with Crippen LogP contribution >= 0.6 is 0 Å². The molecule has 0 spiro atoms. The second-order valence-corrected chi connectivity index (χ2v) is 6.67. The third-order valence-electron chi connectivity index (χ3n) is 4.64. The Kier molecular flexibility index (Phi) is 5.66. The van der Waals surface area contributed by atoms with Crippen molar-refractivity contribution in [1.82, 2.24) is 9.80 Å². The van der Waals surface area contributed by atoms with Crippen molar-refractivity contribution in [2.75, 3.05) is 32.7 Å². The van der Waals surface area contributed by atoms with Crippen molar-refractivity contribution >= 4 is 0 Å². The van der Waals surface area contributed by atoms with Crippen LogP contribution in [-0.4, -0.2) is 48.6 Å². The molecule has 0 aromatic carbocycles. The van der Waals surface area contributed by atoms with Crippen LogP contribution in [0.4, 0.5) is 0 Å². The lowest BCUT2D eigenvalue weighted by molar-refractivity contribution is 0.0709. The molecule has 0 aromatic rings. The van der Waals surface area contributed by atoms with E-state index >= 15 is 0 Å². The lowest BCUT2D eigenvalue weighted by Gasteiger charge is -2.41. The van der Waals surface area contributed by atoms with Gasteiger partial charge in [0.15, 0.2) is 0 Å². The molecule has 1 aliphatic carbocycles. The van der Waals surface area contributed by atoms with Gasteiger partial charge in [0.25, 0.3) is 0 Å². The van der Waals surface area contributed by atoms with E-state index in [4.69, 9.17) is 0 Å². The molecule has 2 aliphatic rings. The summed E-state index contributed by atoms with van der Waals surface area (Å²) in [5.41, 5.74) is 0. The molecule has 1 heterocycles. The quantitative estimate of drug-likeness (QED) is 0.733. The van der Waals surface area contributed by atoms with Crippen molar-refractivity contribution in [2.24, 2.45) is 11.8 Å². The molecule has 2 unspecified atom stereocenters. The normalized spacial score (nSPS) is 31.1. The summed E-state index contributed by atoms with van der Waals surface area (Å²) >= 11 is 0. The zero-order valence-corrected chi connectivity index (χ0v) is 12.6. The van der Waals surface area contributed by atoms with Crippen molar-refractivity contribution in [1.29, 1.82) is 5.26 Å². The van der Waals surface area contributed by atoms with Crippen molar-refractivity contribution in [3.63, 3.8) is 0 Å². The molecule has 2 fully saturated rings. The van der Waals surface area contributed by atoms with E-state index in [1.165, 1.54) is 45.3 Å². The van der Waals surface area contributed by atoms with Gasteiger partial charge < -0.3 is 4.90 Å². The molecule has 2 atom stereocenters. The number of nitrogens with zero attached hydrogens (tertiary/aromatic N) is 3. The van der Waals surface area contributed by atoms with Gasteiger partial charge in [-0.2, -0.15) is 5.26 Å². The standard InChI is InChI=1S/C16H29N3/c1-14(2)13-18-8-10-19(11-9-18)16-7-5-3-4-6-15(16)12-17/h14-16H,3-11,13H2,1-2H3. The largest absolute Gasteiger partial charge is 0.301 e. The average molecular weight is 263 g/mol. The molecule has 1 saturated carbocycles. The second-order valence-electron chi connectivity index (χ2n) is 6.67. The van der Waals surface area contributed by atoms with Gasteiger partial charge in [0.2, 0.25) is 0 Å². The predicted molar refractivity (Wildman–Crippen MR) is 78.8 cm³/mol. The summed E-state index contributed by atoms with van der Waals surface area (Å²) in [5, 5.41) is 9.40. The van der Waals surface area contributed by atoms with Crippen molar-refractivity contribution in [3.05, 3.63) is 0 Å². The molecule has 19 heavy (non-hydrogen) atoms. The first kappa shape index (κ1) is 14.8. The van der Waals surface area contributed by atoms with Crippen LogP contribution in [0.1, 0.15) is 46.0 Å². The van der Waals surface area contributed by atoms with Gasteiger partial charge in [-0.05, 0) is 18.8 Å². The molecule has 0 radical (unpaired) electrons. The van der Waals surface area contributed by atoms with Crippen LogP contribution in [0, 0.1) is 23.2 Å². The number of hydrogen-bond acceptors (Lipinski definition) is 3. The lowest BCUT2D eigenvalue weighted by Crippen LogP contribution is -2.52. The summed E-state index contributed by atoms with van der Waals surface area (Å²) < 4.78 is 0. The Bertz CT molecular complexity index is 300. The van der Waals surface area contributed by atoms with E-state index in [9.17, 15) is 5.26 Å². The molecule has 0 bridgehead atoms. The van der Waals surface area contributed by atoms with Crippen LogP contribution in [-0.2, 0) is 0 Å². The first-order valence-electron chi connectivity index (χ1n) is 8.06. The summed E-state index contributed by atoms with van der Waals surface area (Å²) in [6.45, 7) is 10.5. The number of hydrogen-bond donors (Lipinski definition) is 0. The Morgan fingerprint density at radius 1 is 1.05 bits per heavy atom. The molecule has 108 valence electrons. The maximum Gasteiger partial charge on any atom is 0.0672 e. The van der Waals surface area contributed by atoms with Gasteiger partial charge in [-0.25, -0.2) is 0 Å². The zero-order chi connectivity index (χ0) is 13.7. The Labute approximate surface area is 118 Å². The van der Waals surface area contributed by atoms with Crippen LogP contribution in [0.25, 0.3) is 0 Å². The zero-order valence-electron chi connectivity index (χ0n) is 12.6. The van der Waals surface area contributed by atoms with E-state index in [0.717, 1.165) is 25.4 Å². The monoisotopic (exact) mass is 263 g/mol. The average Bonchev–Trinajstić information content (AvgIpc) is 2.64. The van der Waals surface area contributed by atoms with Gasteiger partial charge in [-0.1, -0.05) is 33.1 Å². The van der Waals surface area contributed by atoms with Gasteiger partial charge in [0.05, 0.1) is 12.0 Å². The third-order valence-corrected chi connectivity index (χ3v) is 4.64. The number of rotatable bonds is 3. The van der Waals surface area contributed by atoms with Crippen LogP contribution in [0.3, 0.4) is 0 Å². The fourth-order valence-electron chi connectivity index (χ4n) is 3.67. The van der Waals surface area contributed by atoms with Crippen LogP contribution in [0.15, 0.2) is 0 Å².